The van der Waals surface area contributed by atoms with Gasteiger partial charge in [0.15, 0.2) is 0 Å². The normalized spacial score (nSPS) is 19.0. The monoisotopic (exact) mass is 443 g/mol. The van der Waals surface area contributed by atoms with E-state index in [-0.39, 0.29) is 18.6 Å². The maximum absolute atomic E-state index is 13.0. The Morgan fingerprint density at radius 2 is 2.23 bits per heavy atom. The topological polar surface area (TPSA) is 84.3 Å². The van der Waals surface area contributed by atoms with Gasteiger partial charge in [-0.25, -0.2) is 9.97 Å². The van der Waals surface area contributed by atoms with Gasteiger partial charge in [-0.15, -0.1) is 11.8 Å². The Kier molecular flexibility index (Phi) is 6.53. The van der Waals surface area contributed by atoms with E-state index in [0.717, 1.165) is 26.9 Å². The molecule has 1 saturated heterocycles. The lowest BCUT2D eigenvalue weighted by Crippen LogP contribution is -2.48. The highest BCUT2D eigenvalue weighted by Crippen LogP contribution is 2.29. The van der Waals surface area contributed by atoms with Gasteiger partial charge in [0, 0.05) is 23.1 Å². The Bertz CT molecular complexity index is 1060. The molecule has 0 bridgehead atoms. The number of carbonyl (C=O) groups excluding carboxylic acids is 1. The van der Waals surface area contributed by atoms with Crippen molar-refractivity contribution in [1.29, 1.82) is 0 Å². The van der Waals surface area contributed by atoms with Crippen molar-refractivity contribution in [2.45, 2.75) is 29.9 Å². The highest BCUT2D eigenvalue weighted by atomic mass is 35.5. The molecule has 1 amide bonds. The predicted octanol–water partition coefficient (Wildman–Crippen LogP) is 3.48. The number of benzene rings is 1. The molecule has 6 nitrogen and oxygen atoms in total. The van der Waals surface area contributed by atoms with Crippen molar-refractivity contribution in [2.24, 2.45) is 0 Å². The lowest BCUT2D eigenvalue weighted by molar-refractivity contribution is -0.0261. The Balaban J connectivity index is 1.72. The van der Waals surface area contributed by atoms with Crippen LogP contribution < -0.4 is 5.32 Å². The largest absolute Gasteiger partial charge is 0.389 e. The summed E-state index contributed by atoms with van der Waals surface area (Å²) in [5.74, 6) is -0.297. The number of amides is 1. The number of halogens is 1. The molecular weight excluding hydrogens is 422 g/mol. The van der Waals surface area contributed by atoms with Gasteiger partial charge in [0.1, 0.15) is 10.8 Å². The first-order valence-corrected chi connectivity index (χ1v) is 11.3. The Morgan fingerprint density at radius 1 is 1.37 bits per heavy atom. The number of rotatable bonds is 5. The zero-order valence-electron chi connectivity index (χ0n) is 16.5. The summed E-state index contributed by atoms with van der Waals surface area (Å²) in [6, 6.07) is 11.2. The number of thioether (sulfide) groups is 1. The van der Waals surface area contributed by atoms with E-state index in [9.17, 15) is 9.90 Å². The quantitative estimate of drug-likeness (QED) is 0.464. The minimum absolute atomic E-state index is 0.224. The Labute approximate surface area is 184 Å². The molecule has 3 aromatic rings. The molecule has 1 aliphatic heterocycles. The number of pyridine rings is 2. The first-order chi connectivity index (χ1) is 14.5. The van der Waals surface area contributed by atoms with E-state index in [0.29, 0.717) is 30.3 Å². The number of nitrogens with one attached hydrogen (secondary N) is 1. The molecule has 1 aliphatic rings. The van der Waals surface area contributed by atoms with Crippen molar-refractivity contribution in [1.82, 2.24) is 15.3 Å². The van der Waals surface area contributed by atoms with Crippen molar-refractivity contribution in [2.75, 3.05) is 19.5 Å². The van der Waals surface area contributed by atoms with E-state index in [1.807, 2.05) is 36.6 Å². The molecule has 1 aromatic carbocycles. The maximum atomic E-state index is 13.0. The average molecular weight is 444 g/mol. The minimum atomic E-state index is -0.718. The van der Waals surface area contributed by atoms with Gasteiger partial charge in [0.05, 0.1) is 24.3 Å². The second-order valence-electron chi connectivity index (χ2n) is 7.20. The van der Waals surface area contributed by atoms with E-state index >= 15 is 0 Å². The van der Waals surface area contributed by atoms with Crippen LogP contribution in [0.5, 0.6) is 0 Å². The number of ether oxygens (including phenoxy) is 1. The van der Waals surface area contributed by atoms with Crippen LogP contribution in [-0.2, 0) is 11.2 Å². The van der Waals surface area contributed by atoms with Crippen LogP contribution in [0.3, 0.4) is 0 Å². The SMILES string of the molecule is CSc1cccc2c(Cc3ccc(Cl)nc3)cc(C(=O)N[C@H]3CCOC[C@@H]3O)nc12. The molecule has 0 spiro atoms. The molecule has 0 aliphatic carbocycles. The van der Waals surface area contributed by atoms with E-state index in [1.165, 1.54) is 0 Å². The fourth-order valence-electron chi connectivity index (χ4n) is 3.58. The number of fused-ring (bicyclic) bond motifs is 1. The van der Waals surface area contributed by atoms with Crippen LogP contribution in [0.15, 0.2) is 47.5 Å². The van der Waals surface area contributed by atoms with Gasteiger partial charge < -0.3 is 15.2 Å². The van der Waals surface area contributed by atoms with Crippen LogP contribution in [0.2, 0.25) is 5.15 Å². The van der Waals surface area contributed by atoms with E-state index in [1.54, 1.807) is 24.0 Å². The van der Waals surface area contributed by atoms with Crippen LogP contribution in [-0.4, -0.2) is 52.6 Å². The number of para-hydroxylation sites is 1. The van der Waals surface area contributed by atoms with Crippen molar-refractivity contribution in [3.8, 4) is 0 Å². The highest BCUT2D eigenvalue weighted by molar-refractivity contribution is 7.98. The molecule has 2 aromatic heterocycles. The molecule has 3 heterocycles. The Hall–Kier alpha value is -2.19. The average Bonchev–Trinajstić information content (AvgIpc) is 2.76. The summed E-state index contributed by atoms with van der Waals surface area (Å²) in [5, 5.41) is 14.5. The number of hydrogen-bond acceptors (Lipinski definition) is 6. The number of hydrogen-bond donors (Lipinski definition) is 2. The molecule has 2 N–H and O–H groups in total. The van der Waals surface area contributed by atoms with Gasteiger partial charge in [-0.2, -0.15) is 0 Å². The third-order valence-electron chi connectivity index (χ3n) is 5.17. The molecule has 0 saturated carbocycles. The molecule has 0 unspecified atom stereocenters. The second kappa shape index (κ2) is 9.31. The lowest BCUT2D eigenvalue weighted by atomic mass is 10.0. The number of aromatic nitrogens is 2. The van der Waals surface area contributed by atoms with Crippen LogP contribution in [0, 0.1) is 0 Å². The summed E-state index contributed by atoms with van der Waals surface area (Å²) in [7, 11) is 0. The molecule has 0 radical (unpaired) electrons. The van der Waals surface area contributed by atoms with E-state index in [2.05, 4.69) is 15.3 Å². The number of nitrogens with zero attached hydrogens (tertiary/aromatic N) is 2. The maximum Gasteiger partial charge on any atom is 0.270 e. The van der Waals surface area contributed by atoms with Gasteiger partial charge >= 0.3 is 0 Å². The van der Waals surface area contributed by atoms with Gasteiger partial charge in [-0.3, -0.25) is 4.79 Å². The zero-order chi connectivity index (χ0) is 21.1. The third-order valence-corrected chi connectivity index (χ3v) is 6.16. The van der Waals surface area contributed by atoms with Gasteiger partial charge in [-0.1, -0.05) is 29.8 Å². The molecule has 1 fully saturated rings. The van der Waals surface area contributed by atoms with Gasteiger partial charge in [-0.05, 0) is 48.4 Å². The van der Waals surface area contributed by atoms with Crippen LogP contribution in [0.1, 0.15) is 28.0 Å². The summed E-state index contributed by atoms with van der Waals surface area (Å²) in [4.78, 5) is 22.8. The molecule has 156 valence electrons. The molecule has 2 atom stereocenters. The van der Waals surface area contributed by atoms with Crippen LogP contribution >= 0.6 is 23.4 Å². The fourth-order valence-corrected chi connectivity index (χ4v) is 4.26. The summed E-state index contributed by atoms with van der Waals surface area (Å²) in [6.45, 7) is 0.736. The number of aliphatic hydroxyl groups is 1. The first kappa shape index (κ1) is 21.1. The molecule has 30 heavy (non-hydrogen) atoms. The van der Waals surface area contributed by atoms with Crippen molar-refractivity contribution >= 4 is 40.2 Å². The van der Waals surface area contributed by atoms with Gasteiger partial charge in [0.25, 0.3) is 5.91 Å². The molecule has 4 rings (SSSR count). The number of aliphatic hydroxyl groups excluding tert-OH is 1. The van der Waals surface area contributed by atoms with Crippen molar-refractivity contribution < 1.29 is 14.6 Å². The summed E-state index contributed by atoms with van der Waals surface area (Å²) in [5.41, 5.74) is 3.10. The highest BCUT2D eigenvalue weighted by Gasteiger charge is 2.26. The van der Waals surface area contributed by atoms with E-state index in [4.69, 9.17) is 16.3 Å². The van der Waals surface area contributed by atoms with Crippen molar-refractivity contribution in [3.05, 3.63) is 64.6 Å². The summed E-state index contributed by atoms with van der Waals surface area (Å²) < 4.78 is 5.25. The molecule has 8 heteroatoms. The van der Waals surface area contributed by atoms with Gasteiger partial charge in [0.2, 0.25) is 0 Å². The minimum Gasteiger partial charge on any atom is -0.389 e. The summed E-state index contributed by atoms with van der Waals surface area (Å²) in [6.07, 6.45) is 4.18. The zero-order valence-corrected chi connectivity index (χ0v) is 18.0. The molecular formula is C22H22ClN3O3S. The number of carbonyl (C=O) groups is 1. The predicted molar refractivity (Wildman–Crippen MR) is 118 cm³/mol. The fraction of sp³-hybridized carbons (Fsp3) is 0.318. The standard InChI is InChI=1S/C22H22ClN3O3S/c1-30-19-4-2-3-15-14(9-13-5-6-20(23)24-11-13)10-17(25-21(15)19)22(28)26-16-7-8-29-12-18(16)27/h2-6,10-11,16,18,27H,7-9,12H2,1H3,(H,26,28)/t16-,18-/m0/s1. The smallest absolute Gasteiger partial charge is 0.270 e. The lowest BCUT2D eigenvalue weighted by Gasteiger charge is -2.28. The summed E-state index contributed by atoms with van der Waals surface area (Å²) >= 11 is 7.51. The van der Waals surface area contributed by atoms with Crippen LogP contribution in [0.25, 0.3) is 10.9 Å². The first-order valence-electron chi connectivity index (χ1n) is 9.69. The van der Waals surface area contributed by atoms with Crippen molar-refractivity contribution in [3.63, 3.8) is 0 Å². The van der Waals surface area contributed by atoms with E-state index < -0.39 is 6.10 Å². The Morgan fingerprint density at radius 3 is 2.97 bits per heavy atom. The third kappa shape index (κ3) is 4.59. The second-order valence-corrected chi connectivity index (χ2v) is 8.44. The van der Waals surface area contributed by atoms with Crippen LogP contribution in [0.4, 0.5) is 0 Å².